The van der Waals surface area contributed by atoms with E-state index in [9.17, 15) is 0 Å². The van der Waals surface area contributed by atoms with Gasteiger partial charge in [-0.3, -0.25) is 4.98 Å². The van der Waals surface area contributed by atoms with Crippen molar-refractivity contribution in [3.63, 3.8) is 0 Å². The van der Waals surface area contributed by atoms with E-state index in [1.54, 1.807) is 23.2 Å². The summed E-state index contributed by atoms with van der Waals surface area (Å²) < 4.78 is 0. The minimum Gasteiger partial charge on any atom is -0.265 e. The summed E-state index contributed by atoms with van der Waals surface area (Å²) >= 11 is 4.12. The molecule has 3 heteroatoms. The predicted octanol–water partition coefficient (Wildman–Crippen LogP) is 2.72. The summed E-state index contributed by atoms with van der Waals surface area (Å²) in [6.45, 7) is 2.12. The van der Waals surface area contributed by atoms with Crippen molar-refractivity contribution < 1.29 is 0 Å². The lowest BCUT2D eigenvalue weighted by Gasteiger charge is -2.04. The first-order chi connectivity index (χ1) is 4.84. The van der Waals surface area contributed by atoms with Crippen molar-refractivity contribution in [1.29, 1.82) is 0 Å². The molecular weight excluding hydrogens is 162 g/mol. The van der Waals surface area contributed by atoms with E-state index in [1.165, 1.54) is 5.56 Å². The Morgan fingerprint density at radius 3 is 2.60 bits per heavy atom. The molecule has 54 valence electrons. The number of pyridine rings is 1. The second-order valence-corrected chi connectivity index (χ2v) is 3.58. The number of aromatic nitrogens is 1. The fourth-order valence-electron chi connectivity index (χ4n) is 0.695. The normalized spacial score (nSPS) is 13.0. The fourth-order valence-corrected chi connectivity index (χ4v) is 1.34. The van der Waals surface area contributed by atoms with Crippen molar-refractivity contribution in [2.75, 3.05) is 0 Å². The van der Waals surface area contributed by atoms with Crippen molar-refractivity contribution in [3.8, 4) is 0 Å². The van der Waals surface area contributed by atoms with Gasteiger partial charge in [-0.25, -0.2) is 0 Å². The second kappa shape index (κ2) is 3.88. The molecule has 0 aliphatic rings. The highest BCUT2D eigenvalue weighted by molar-refractivity contribution is 8.68. The molecule has 0 radical (unpaired) electrons. The molecule has 0 bridgehead atoms. The zero-order valence-corrected chi connectivity index (χ0v) is 7.40. The lowest BCUT2D eigenvalue weighted by atomic mass is 10.2. The van der Waals surface area contributed by atoms with Gasteiger partial charge in [0.2, 0.25) is 0 Å². The standard InChI is InChI=1S/C7H9NS2/c1-6(10-9)7-2-4-8-5-3-7/h2-6,9H,1H3. The number of nitrogens with zero attached hydrogens (tertiary/aromatic N) is 1. The highest BCUT2D eigenvalue weighted by Crippen LogP contribution is 2.29. The van der Waals surface area contributed by atoms with Gasteiger partial charge in [-0.2, -0.15) is 0 Å². The van der Waals surface area contributed by atoms with Gasteiger partial charge in [-0.05, 0) is 24.6 Å². The second-order valence-electron chi connectivity index (χ2n) is 2.03. The van der Waals surface area contributed by atoms with Crippen molar-refractivity contribution in [2.45, 2.75) is 12.2 Å². The van der Waals surface area contributed by atoms with Crippen LogP contribution in [0.5, 0.6) is 0 Å². The monoisotopic (exact) mass is 171 g/mol. The molecule has 0 amide bonds. The number of hydrogen-bond acceptors (Lipinski definition) is 3. The van der Waals surface area contributed by atoms with E-state index in [0.29, 0.717) is 5.25 Å². The topological polar surface area (TPSA) is 12.9 Å². The molecule has 1 rings (SSSR count). The van der Waals surface area contributed by atoms with Crippen LogP contribution < -0.4 is 0 Å². The van der Waals surface area contributed by atoms with Gasteiger partial charge in [-0.1, -0.05) is 10.8 Å². The maximum Gasteiger partial charge on any atom is 0.0371 e. The molecule has 0 aliphatic carbocycles. The van der Waals surface area contributed by atoms with Crippen molar-refractivity contribution in [1.82, 2.24) is 4.98 Å². The summed E-state index contributed by atoms with van der Waals surface area (Å²) in [5.41, 5.74) is 1.27. The molecule has 1 heterocycles. The number of thiol groups is 1. The molecule has 0 aliphatic heterocycles. The Morgan fingerprint density at radius 1 is 1.50 bits per heavy atom. The van der Waals surface area contributed by atoms with E-state index < -0.39 is 0 Å². The molecule has 1 aromatic rings. The molecule has 10 heavy (non-hydrogen) atoms. The SMILES string of the molecule is CC(SS)c1ccncc1. The largest absolute Gasteiger partial charge is 0.265 e. The molecule has 0 saturated carbocycles. The highest BCUT2D eigenvalue weighted by Gasteiger charge is 2.00. The summed E-state index contributed by atoms with van der Waals surface area (Å²) in [6.07, 6.45) is 3.60. The highest BCUT2D eigenvalue weighted by atomic mass is 33.1. The fraction of sp³-hybridized carbons (Fsp3) is 0.286. The average Bonchev–Trinajstić information content (AvgIpc) is 2.05. The van der Waals surface area contributed by atoms with Gasteiger partial charge in [0.15, 0.2) is 0 Å². The van der Waals surface area contributed by atoms with Gasteiger partial charge in [0.05, 0.1) is 0 Å². The minimum atomic E-state index is 0.450. The molecule has 1 nitrogen and oxygen atoms in total. The molecule has 1 atom stereocenters. The average molecular weight is 171 g/mol. The maximum atomic E-state index is 4.12. The first-order valence-electron chi connectivity index (χ1n) is 3.04. The third-order valence-corrected chi connectivity index (χ3v) is 2.87. The molecule has 0 N–H and O–H groups in total. The Balaban J connectivity index is 2.75. The first-order valence-corrected chi connectivity index (χ1v) is 4.98. The molecule has 0 fully saturated rings. The van der Waals surface area contributed by atoms with Crippen LogP contribution in [0.15, 0.2) is 24.5 Å². The summed E-state index contributed by atoms with van der Waals surface area (Å²) in [7, 11) is 1.54. The number of rotatable bonds is 2. The van der Waals surface area contributed by atoms with Crippen molar-refractivity contribution >= 4 is 22.5 Å². The van der Waals surface area contributed by atoms with E-state index >= 15 is 0 Å². The van der Waals surface area contributed by atoms with E-state index in [-0.39, 0.29) is 0 Å². The Morgan fingerprint density at radius 2 is 2.10 bits per heavy atom. The molecular formula is C7H9NS2. The van der Waals surface area contributed by atoms with Crippen LogP contribution in [-0.4, -0.2) is 4.98 Å². The lowest BCUT2D eigenvalue weighted by molar-refractivity contribution is 1.09. The quantitative estimate of drug-likeness (QED) is 0.543. The summed E-state index contributed by atoms with van der Waals surface area (Å²) in [4.78, 5) is 3.93. The van der Waals surface area contributed by atoms with Gasteiger partial charge in [-0.15, -0.1) is 11.7 Å². The Bertz CT molecular complexity index is 188. The van der Waals surface area contributed by atoms with Gasteiger partial charge in [0.25, 0.3) is 0 Å². The Labute approximate surface area is 70.1 Å². The molecule has 1 unspecified atom stereocenters. The van der Waals surface area contributed by atoms with E-state index in [0.717, 1.165) is 0 Å². The van der Waals surface area contributed by atoms with E-state index in [1.807, 2.05) is 12.1 Å². The van der Waals surface area contributed by atoms with Gasteiger partial charge in [0.1, 0.15) is 0 Å². The predicted molar refractivity (Wildman–Crippen MR) is 49.2 cm³/mol. The van der Waals surface area contributed by atoms with Crippen LogP contribution in [0.4, 0.5) is 0 Å². The molecule has 1 aromatic heterocycles. The van der Waals surface area contributed by atoms with Crippen LogP contribution in [0.2, 0.25) is 0 Å². The Hall–Kier alpha value is -0.150. The van der Waals surface area contributed by atoms with Crippen molar-refractivity contribution in [2.24, 2.45) is 0 Å². The third kappa shape index (κ3) is 1.92. The molecule has 0 spiro atoms. The summed E-state index contributed by atoms with van der Waals surface area (Å²) in [6, 6.07) is 4.02. The van der Waals surface area contributed by atoms with Crippen LogP contribution in [0.3, 0.4) is 0 Å². The van der Waals surface area contributed by atoms with Gasteiger partial charge in [0, 0.05) is 17.6 Å². The van der Waals surface area contributed by atoms with Crippen molar-refractivity contribution in [3.05, 3.63) is 30.1 Å². The summed E-state index contributed by atoms with van der Waals surface area (Å²) in [5, 5.41) is 0.450. The molecule has 0 aromatic carbocycles. The zero-order chi connectivity index (χ0) is 7.40. The zero-order valence-electron chi connectivity index (χ0n) is 5.69. The van der Waals surface area contributed by atoms with Gasteiger partial charge >= 0.3 is 0 Å². The van der Waals surface area contributed by atoms with Crippen LogP contribution in [-0.2, 0) is 0 Å². The molecule has 0 saturated heterocycles. The van der Waals surface area contributed by atoms with Gasteiger partial charge < -0.3 is 0 Å². The van der Waals surface area contributed by atoms with E-state index in [4.69, 9.17) is 0 Å². The number of hydrogen-bond donors (Lipinski definition) is 1. The summed E-state index contributed by atoms with van der Waals surface area (Å²) in [5.74, 6) is 0. The Kier molecular flexibility index (Phi) is 3.09. The van der Waals surface area contributed by atoms with E-state index in [2.05, 4.69) is 23.6 Å². The van der Waals surface area contributed by atoms with Crippen LogP contribution in [0.25, 0.3) is 0 Å². The van der Waals surface area contributed by atoms with Crippen LogP contribution >= 0.6 is 22.5 Å². The lowest BCUT2D eigenvalue weighted by Crippen LogP contribution is -1.84. The first kappa shape index (κ1) is 7.95. The van der Waals surface area contributed by atoms with Crippen LogP contribution in [0, 0.1) is 0 Å². The smallest absolute Gasteiger partial charge is 0.0371 e. The maximum absolute atomic E-state index is 4.12. The van der Waals surface area contributed by atoms with Crippen LogP contribution in [0.1, 0.15) is 17.7 Å². The minimum absolute atomic E-state index is 0.450. The third-order valence-electron chi connectivity index (χ3n) is 1.33.